The van der Waals surface area contributed by atoms with Crippen LogP contribution in [0.2, 0.25) is 5.82 Å². The molecule has 1 saturated carbocycles. The van der Waals surface area contributed by atoms with E-state index in [0.29, 0.717) is 6.98 Å². The van der Waals surface area contributed by atoms with E-state index >= 15 is 0 Å². The van der Waals surface area contributed by atoms with Gasteiger partial charge in [0.15, 0.2) is 0 Å². The predicted molar refractivity (Wildman–Crippen MR) is 83.8 cm³/mol. The Kier molecular flexibility index (Phi) is 2.64. The van der Waals surface area contributed by atoms with Crippen molar-refractivity contribution in [2.45, 2.75) is 37.9 Å². The van der Waals surface area contributed by atoms with Crippen LogP contribution in [-0.4, -0.2) is 6.98 Å². The first-order valence-corrected chi connectivity index (χ1v) is 7.47. The lowest BCUT2D eigenvalue weighted by atomic mass is 9.56. The Bertz CT molecular complexity index is 564. The highest BCUT2D eigenvalue weighted by Gasteiger charge is 2.32. The summed E-state index contributed by atoms with van der Waals surface area (Å²) in [5, 5.41) is 10.1. The molecule has 3 heteroatoms. The SMILES string of the molecule is c1cc2c3c(cccc3c1)NB(C1CCCCC1)N2. The van der Waals surface area contributed by atoms with E-state index < -0.39 is 0 Å². The molecule has 2 aliphatic rings. The molecule has 2 aromatic carbocycles. The van der Waals surface area contributed by atoms with E-state index in [4.69, 9.17) is 0 Å². The Morgan fingerprint density at radius 2 is 1.47 bits per heavy atom. The zero-order chi connectivity index (χ0) is 12.7. The average molecular weight is 250 g/mol. The van der Waals surface area contributed by atoms with Crippen LogP contribution in [0.4, 0.5) is 11.4 Å². The second-order valence-electron chi connectivity index (χ2n) is 5.87. The summed E-state index contributed by atoms with van der Waals surface area (Å²) >= 11 is 0. The van der Waals surface area contributed by atoms with Crippen LogP contribution in [0.1, 0.15) is 32.1 Å². The first kappa shape index (κ1) is 11.2. The quantitative estimate of drug-likeness (QED) is 0.728. The van der Waals surface area contributed by atoms with Crippen molar-refractivity contribution in [1.82, 2.24) is 0 Å². The Labute approximate surface area is 114 Å². The van der Waals surface area contributed by atoms with E-state index in [2.05, 4.69) is 46.9 Å². The monoisotopic (exact) mass is 250 g/mol. The smallest absolute Gasteiger partial charge is 0.373 e. The Morgan fingerprint density at radius 1 is 0.842 bits per heavy atom. The Balaban J connectivity index is 1.72. The minimum Gasteiger partial charge on any atom is -0.409 e. The summed E-state index contributed by atoms with van der Waals surface area (Å²) in [7, 11) is 0. The van der Waals surface area contributed by atoms with Gasteiger partial charge in [-0.1, -0.05) is 56.4 Å². The van der Waals surface area contributed by atoms with Gasteiger partial charge in [0.05, 0.1) is 0 Å². The van der Waals surface area contributed by atoms with Crippen LogP contribution >= 0.6 is 0 Å². The molecule has 0 aromatic heterocycles. The maximum Gasteiger partial charge on any atom is 0.373 e. The molecule has 0 unspecified atom stereocenters. The highest BCUT2D eigenvalue weighted by molar-refractivity contribution is 6.69. The molecule has 1 fully saturated rings. The van der Waals surface area contributed by atoms with Gasteiger partial charge in [-0.2, -0.15) is 0 Å². The van der Waals surface area contributed by atoms with Crippen molar-refractivity contribution in [2.75, 3.05) is 10.5 Å². The second kappa shape index (κ2) is 4.48. The van der Waals surface area contributed by atoms with Gasteiger partial charge in [-0.25, -0.2) is 0 Å². The van der Waals surface area contributed by atoms with E-state index in [1.54, 1.807) is 0 Å². The van der Waals surface area contributed by atoms with E-state index in [9.17, 15) is 0 Å². The third kappa shape index (κ3) is 1.88. The molecule has 2 aromatic rings. The van der Waals surface area contributed by atoms with Crippen LogP contribution in [0, 0.1) is 0 Å². The molecule has 0 amide bonds. The zero-order valence-electron chi connectivity index (χ0n) is 11.2. The van der Waals surface area contributed by atoms with E-state index in [1.807, 2.05) is 0 Å². The minimum atomic E-state index is 0.404. The average Bonchev–Trinajstić information content (AvgIpc) is 2.49. The number of anilines is 2. The lowest BCUT2D eigenvalue weighted by molar-refractivity contribution is 0.497. The fourth-order valence-electron chi connectivity index (χ4n) is 3.66. The molecule has 19 heavy (non-hydrogen) atoms. The summed E-state index contributed by atoms with van der Waals surface area (Å²) in [6, 6.07) is 13.1. The first-order chi connectivity index (χ1) is 9.42. The lowest BCUT2D eigenvalue weighted by Gasteiger charge is -2.33. The largest absolute Gasteiger partial charge is 0.409 e. The van der Waals surface area contributed by atoms with Gasteiger partial charge >= 0.3 is 6.98 Å². The fraction of sp³-hybridized carbons (Fsp3) is 0.375. The molecule has 0 radical (unpaired) electrons. The van der Waals surface area contributed by atoms with Gasteiger partial charge in [0.1, 0.15) is 0 Å². The first-order valence-electron chi connectivity index (χ1n) is 7.47. The highest BCUT2D eigenvalue weighted by atomic mass is 15.0. The van der Waals surface area contributed by atoms with Gasteiger partial charge in [-0.3, -0.25) is 0 Å². The van der Waals surface area contributed by atoms with Gasteiger partial charge in [0.2, 0.25) is 0 Å². The minimum absolute atomic E-state index is 0.404. The van der Waals surface area contributed by atoms with Crippen LogP contribution < -0.4 is 10.5 Å². The molecule has 0 spiro atoms. The van der Waals surface area contributed by atoms with Crippen molar-refractivity contribution in [3.05, 3.63) is 36.4 Å². The van der Waals surface area contributed by atoms with Crippen LogP contribution in [0.5, 0.6) is 0 Å². The molecule has 2 N–H and O–H groups in total. The highest BCUT2D eigenvalue weighted by Crippen LogP contribution is 2.39. The Morgan fingerprint density at radius 3 is 2.11 bits per heavy atom. The number of hydrogen-bond acceptors (Lipinski definition) is 2. The van der Waals surface area contributed by atoms with Crippen LogP contribution in [0.3, 0.4) is 0 Å². The fourth-order valence-corrected chi connectivity index (χ4v) is 3.66. The summed E-state index contributed by atoms with van der Waals surface area (Å²) in [4.78, 5) is 0. The van der Waals surface area contributed by atoms with Crippen molar-refractivity contribution >= 4 is 29.1 Å². The third-order valence-electron chi connectivity index (χ3n) is 4.65. The molecule has 1 heterocycles. The zero-order valence-corrected chi connectivity index (χ0v) is 11.2. The summed E-state index contributed by atoms with van der Waals surface area (Å²) in [6.45, 7) is 0.404. The van der Waals surface area contributed by atoms with Crippen molar-refractivity contribution in [3.8, 4) is 0 Å². The maximum atomic E-state index is 3.72. The van der Waals surface area contributed by atoms with Gasteiger partial charge in [0.25, 0.3) is 0 Å². The van der Waals surface area contributed by atoms with Gasteiger partial charge in [0, 0.05) is 16.8 Å². The molecule has 0 bridgehead atoms. The number of nitrogens with one attached hydrogen (secondary N) is 2. The van der Waals surface area contributed by atoms with Crippen molar-refractivity contribution in [1.29, 1.82) is 0 Å². The molecule has 0 saturated heterocycles. The van der Waals surface area contributed by atoms with Crippen molar-refractivity contribution < 1.29 is 0 Å². The standard InChI is InChI=1S/C16H19BN2/c1-2-8-13(9-3-1)17-18-14-10-4-6-12-7-5-11-15(19-17)16(12)14/h4-7,10-11,13,18-19H,1-3,8-9H2. The molecule has 96 valence electrons. The van der Waals surface area contributed by atoms with Crippen LogP contribution in [0.25, 0.3) is 10.8 Å². The molecule has 4 rings (SSSR count). The van der Waals surface area contributed by atoms with Crippen LogP contribution in [0.15, 0.2) is 36.4 Å². The van der Waals surface area contributed by atoms with Gasteiger partial charge in [-0.05, 0) is 23.3 Å². The summed E-state index contributed by atoms with van der Waals surface area (Å²) < 4.78 is 0. The second-order valence-corrected chi connectivity index (χ2v) is 5.87. The topological polar surface area (TPSA) is 24.1 Å². The maximum absolute atomic E-state index is 3.72. The number of benzene rings is 2. The molecule has 2 nitrogen and oxygen atoms in total. The Hall–Kier alpha value is -1.64. The van der Waals surface area contributed by atoms with E-state index in [0.717, 1.165) is 5.82 Å². The molecule has 0 atom stereocenters. The third-order valence-corrected chi connectivity index (χ3v) is 4.65. The molecular formula is C16H19BN2. The molecule has 1 aliphatic carbocycles. The number of rotatable bonds is 1. The molecular weight excluding hydrogens is 231 g/mol. The molecule has 1 aliphatic heterocycles. The lowest BCUT2D eigenvalue weighted by Crippen LogP contribution is -2.42. The van der Waals surface area contributed by atoms with Crippen molar-refractivity contribution in [3.63, 3.8) is 0 Å². The summed E-state index contributed by atoms with van der Waals surface area (Å²) in [5.41, 5.74) is 2.59. The normalized spacial score (nSPS) is 19.1. The van der Waals surface area contributed by atoms with E-state index in [1.165, 1.54) is 54.3 Å². The van der Waals surface area contributed by atoms with Crippen molar-refractivity contribution in [2.24, 2.45) is 0 Å². The van der Waals surface area contributed by atoms with E-state index in [-0.39, 0.29) is 0 Å². The number of hydrogen-bond donors (Lipinski definition) is 2. The van der Waals surface area contributed by atoms with Gasteiger partial charge < -0.3 is 10.5 Å². The summed E-state index contributed by atoms with van der Waals surface area (Å²) in [5.74, 6) is 0.761. The summed E-state index contributed by atoms with van der Waals surface area (Å²) in [6.07, 6.45) is 6.88. The predicted octanol–water partition coefficient (Wildman–Crippen LogP) is 4.50. The van der Waals surface area contributed by atoms with Gasteiger partial charge in [-0.15, -0.1) is 0 Å². The van der Waals surface area contributed by atoms with Crippen LogP contribution in [-0.2, 0) is 0 Å².